The van der Waals surface area contributed by atoms with E-state index in [1.807, 2.05) is 36.6 Å². The summed E-state index contributed by atoms with van der Waals surface area (Å²) in [5.41, 5.74) is 2.94. The highest BCUT2D eigenvalue weighted by Gasteiger charge is 2.08. The van der Waals surface area contributed by atoms with Gasteiger partial charge in [0, 0.05) is 29.1 Å². The molecule has 2 amide bonds. The molecule has 0 radical (unpaired) electrons. The van der Waals surface area contributed by atoms with E-state index in [1.54, 1.807) is 17.8 Å². The lowest BCUT2D eigenvalue weighted by Crippen LogP contribution is -2.34. The average molecular weight is 408 g/mol. The minimum atomic E-state index is -0.392. The molecule has 148 valence electrons. The quantitative estimate of drug-likeness (QED) is 0.451. The van der Waals surface area contributed by atoms with E-state index < -0.39 is 5.82 Å². The molecule has 0 unspecified atom stereocenters. The van der Waals surface area contributed by atoms with Gasteiger partial charge < -0.3 is 10.6 Å². The average Bonchev–Trinajstić information content (AvgIpc) is 2.77. The van der Waals surface area contributed by atoms with E-state index in [1.165, 1.54) is 29.2 Å². The Hall–Kier alpha value is -3.12. The largest absolute Gasteiger partial charge is 0.350 e. The van der Waals surface area contributed by atoms with E-state index >= 15 is 0 Å². The van der Waals surface area contributed by atoms with Crippen molar-refractivity contribution in [3.8, 4) is 11.1 Å². The van der Waals surface area contributed by atoms with Crippen molar-refractivity contribution in [2.24, 2.45) is 0 Å². The van der Waals surface area contributed by atoms with Crippen LogP contribution in [0.5, 0.6) is 0 Å². The number of amides is 2. The Labute approximate surface area is 173 Å². The number of benzene rings is 3. The summed E-state index contributed by atoms with van der Waals surface area (Å²) in [6.45, 7) is 0.566. The first-order chi connectivity index (χ1) is 14.1. The first-order valence-corrected chi connectivity index (χ1v) is 10.4. The van der Waals surface area contributed by atoms with Crippen molar-refractivity contribution < 1.29 is 14.0 Å². The summed E-state index contributed by atoms with van der Waals surface area (Å²) in [6.07, 6.45) is 2.03. The Morgan fingerprint density at radius 3 is 2.03 bits per heavy atom. The van der Waals surface area contributed by atoms with Gasteiger partial charge in [-0.2, -0.15) is 0 Å². The first kappa shape index (κ1) is 20.6. The summed E-state index contributed by atoms with van der Waals surface area (Å²) in [7, 11) is 0. The monoisotopic (exact) mass is 408 g/mol. The van der Waals surface area contributed by atoms with E-state index in [2.05, 4.69) is 22.8 Å². The molecule has 3 aromatic carbocycles. The summed E-state index contributed by atoms with van der Waals surface area (Å²) in [6, 6.07) is 20.9. The molecule has 3 rings (SSSR count). The van der Waals surface area contributed by atoms with Crippen LogP contribution in [0, 0.1) is 5.82 Å². The maximum atomic E-state index is 12.9. The van der Waals surface area contributed by atoms with Gasteiger partial charge in [-0.05, 0) is 65.9 Å². The molecule has 6 heteroatoms. The van der Waals surface area contributed by atoms with Gasteiger partial charge in [-0.3, -0.25) is 9.59 Å². The minimum Gasteiger partial charge on any atom is -0.350 e. The predicted octanol–water partition coefficient (Wildman–Crippen LogP) is 4.37. The predicted molar refractivity (Wildman–Crippen MR) is 115 cm³/mol. The maximum Gasteiger partial charge on any atom is 0.251 e. The van der Waals surface area contributed by atoms with Gasteiger partial charge in [0.2, 0.25) is 0 Å². The zero-order valence-corrected chi connectivity index (χ0v) is 16.8. The molecule has 0 aliphatic rings. The molecule has 0 saturated heterocycles. The Balaban J connectivity index is 1.52. The fourth-order valence-electron chi connectivity index (χ4n) is 2.78. The zero-order valence-electron chi connectivity index (χ0n) is 15.9. The van der Waals surface area contributed by atoms with Crippen molar-refractivity contribution >= 4 is 23.6 Å². The number of halogens is 1. The van der Waals surface area contributed by atoms with Gasteiger partial charge in [0.1, 0.15) is 5.82 Å². The van der Waals surface area contributed by atoms with E-state index in [0.717, 1.165) is 11.1 Å². The molecule has 0 fully saturated rings. The third-order valence-electron chi connectivity index (χ3n) is 4.35. The highest BCUT2D eigenvalue weighted by molar-refractivity contribution is 7.98. The van der Waals surface area contributed by atoms with E-state index in [9.17, 15) is 14.0 Å². The molecule has 0 heterocycles. The molecule has 0 aliphatic carbocycles. The second kappa shape index (κ2) is 9.89. The SMILES string of the molecule is CSc1ccc(-c2cccc(C(=O)NCCNC(=O)c3ccc(F)cc3)c2)cc1. The third-order valence-corrected chi connectivity index (χ3v) is 5.09. The minimum absolute atomic E-state index is 0.205. The maximum absolute atomic E-state index is 12.9. The summed E-state index contributed by atoms with van der Waals surface area (Å²) < 4.78 is 12.9. The number of nitrogens with one attached hydrogen (secondary N) is 2. The second-order valence-corrected chi connectivity index (χ2v) is 7.21. The van der Waals surface area contributed by atoms with Gasteiger partial charge in [0.05, 0.1) is 0 Å². The van der Waals surface area contributed by atoms with Crippen LogP contribution in [0.4, 0.5) is 4.39 Å². The van der Waals surface area contributed by atoms with Crippen LogP contribution >= 0.6 is 11.8 Å². The van der Waals surface area contributed by atoms with E-state index in [0.29, 0.717) is 17.7 Å². The lowest BCUT2D eigenvalue weighted by Gasteiger charge is -2.09. The molecular weight excluding hydrogens is 387 g/mol. The molecule has 4 nitrogen and oxygen atoms in total. The van der Waals surface area contributed by atoms with Crippen LogP contribution in [-0.4, -0.2) is 31.2 Å². The molecule has 0 spiro atoms. The molecule has 3 aromatic rings. The lowest BCUT2D eigenvalue weighted by atomic mass is 10.0. The fourth-order valence-corrected chi connectivity index (χ4v) is 3.19. The van der Waals surface area contributed by atoms with Crippen LogP contribution in [0.2, 0.25) is 0 Å². The van der Waals surface area contributed by atoms with E-state index in [4.69, 9.17) is 0 Å². The number of carbonyl (C=O) groups excluding carboxylic acids is 2. The molecular formula is C23H21FN2O2S. The van der Waals surface area contributed by atoms with Crippen molar-refractivity contribution in [1.29, 1.82) is 0 Å². The number of hydrogen-bond acceptors (Lipinski definition) is 3. The Morgan fingerprint density at radius 2 is 1.41 bits per heavy atom. The van der Waals surface area contributed by atoms with Gasteiger partial charge in [-0.15, -0.1) is 11.8 Å². The van der Waals surface area contributed by atoms with Gasteiger partial charge in [0.15, 0.2) is 0 Å². The summed E-state index contributed by atoms with van der Waals surface area (Å²) in [5, 5.41) is 5.49. The summed E-state index contributed by atoms with van der Waals surface area (Å²) >= 11 is 1.68. The smallest absolute Gasteiger partial charge is 0.251 e. The molecule has 29 heavy (non-hydrogen) atoms. The first-order valence-electron chi connectivity index (χ1n) is 9.13. The van der Waals surface area contributed by atoms with E-state index in [-0.39, 0.29) is 18.4 Å². The molecule has 0 aromatic heterocycles. The van der Waals surface area contributed by atoms with Gasteiger partial charge in [-0.1, -0.05) is 24.3 Å². The zero-order chi connectivity index (χ0) is 20.6. The normalized spacial score (nSPS) is 10.4. The third kappa shape index (κ3) is 5.68. The standard InChI is InChI=1S/C23H21FN2O2S/c1-29-21-11-7-16(8-12-21)18-3-2-4-19(15-18)23(28)26-14-13-25-22(27)17-5-9-20(24)10-6-17/h2-12,15H,13-14H2,1H3,(H,25,27)(H,26,28). The number of rotatable bonds is 7. The number of carbonyl (C=O) groups is 2. The second-order valence-electron chi connectivity index (χ2n) is 6.33. The van der Waals surface area contributed by atoms with Crippen molar-refractivity contribution in [3.63, 3.8) is 0 Å². The van der Waals surface area contributed by atoms with Crippen LogP contribution in [0.15, 0.2) is 77.7 Å². The highest BCUT2D eigenvalue weighted by Crippen LogP contribution is 2.23. The molecule has 0 bridgehead atoms. The van der Waals surface area contributed by atoms with Crippen molar-refractivity contribution in [3.05, 3.63) is 89.7 Å². The number of thioether (sulfide) groups is 1. The molecule has 0 aliphatic heterocycles. The Bertz CT molecular complexity index is 989. The molecule has 2 N–H and O–H groups in total. The summed E-state index contributed by atoms with van der Waals surface area (Å²) in [5.74, 6) is -0.908. The van der Waals surface area contributed by atoms with Gasteiger partial charge >= 0.3 is 0 Å². The van der Waals surface area contributed by atoms with Crippen LogP contribution in [-0.2, 0) is 0 Å². The Morgan fingerprint density at radius 1 is 0.793 bits per heavy atom. The van der Waals surface area contributed by atoms with Crippen LogP contribution in [0.1, 0.15) is 20.7 Å². The van der Waals surface area contributed by atoms with Crippen molar-refractivity contribution in [2.45, 2.75) is 4.90 Å². The van der Waals surface area contributed by atoms with Crippen molar-refractivity contribution in [2.75, 3.05) is 19.3 Å². The van der Waals surface area contributed by atoms with Gasteiger partial charge in [0.25, 0.3) is 11.8 Å². The van der Waals surface area contributed by atoms with Crippen LogP contribution < -0.4 is 10.6 Å². The molecule has 0 atom stereocenters. The van der Waals surface area contributed by atoms with Crippen molar-refractivity contribution in [1.82, 2.24) is 10.6 Å². The van der Waals surface area contributed by atoms with Crippen LogP contribution in [0.3, 0.4) is 0 Å². The fraction of sp³-hybridized carbons (Fsp3) is 0.130. The lowest BCUT2D eigenvalue weighted by molar-refractivity contribution is 0.0927. The summed E-state index contributed by atoms with van der Waals surface area (Å²) in [4.78, 5) is 25.6. The topological polar surface area (TPSA) is 58.2 Å². The van der Waals surface area contributed by atoms with Gasteiger partial charge in [-0.25, -0.2) is 4.39 Å². The molecule has 0 saturated carbocycles. The Kier molecular flexibility index (Phi) is 7.03. The van der Waals surface area contributed by atoms with Crippen LogP contribution in [0.25, 0.3) is 11.1 Å². The number of hydrogen-bond donors (Lipinski definition) is 2. The highest BCUT2D eigenvalue weighted by atomic mass is 32.2.